The van der Waals surface area contributed by atoms with Gasteiger partial charge in [-0.15, -0.1) is 0 Å². The Hall–Kier alpha value is -1.33. The van der Waals surface area contributed by atoms with Gasteiger partial charge in [0.25, 0.3) is 0 Å². The molecule has 19 heavy (non-hydrogen) atoms. The van der Waals surface area contributed by atoms with Crippen LogP contribution < -0.4 is 0 Å². The Bertz CT molecular complexity index is 608. The largest absolute Gasteiger partial charge is 0.383 e. The van der Waals surface area contributed by atoms with E-state index >= 15 is 0 Å². The molecule has 0 heterocycles. The smallest absolute Gasteiger partial charge is 0.135 e. The van der Waals surface area contributed by atoms with Gasteiger partial charge in [0, 0.05) is 4.47 Å². The normalized spacial score (nSPS) is 12.5. The Morgan fingerprint density at radius 3 is 2.42 bits per heavy atom. The minimum Gasteiger partial charge on any atom is -0.383 e. The van der Waals surface area contributed by atoms with Gasteiger partial charge in [-0.1, -0.05) is 22.0 Å². The van der Waals surface area contributed by atoms with Crippen molar-refractivity contribution in [3.8, 4) is 0 Å². The van der Waals surface area contributed by atoms with E-state index in [0.29, 0.717) is 4.47 Å². The second kappa shape index (κ2) is 5.35. The van der Waals surface area contributed by atoms with Crippen LogP contribution in [-0.4, -0.2) is 5.11 Å². The van der Waals surface area contributed by atoms with Crippen LogP contribution in [0, 0.1) is 24.4 Å². The van der Waals surface area contributed by atoms with Crippen LogP contribution in [0.4, 0.5) is 13.2 Å². The van der Waals surface area contributed by atoms with Crippen molar-refractivity contribution < 1.29 is 18.3 Å². The first-order valence-corrected chi connectivity index (χ1v) is 6.28. The molecule has 0 radical (unpaired) electrons. The SMILES string of the molecule is Cc1ccc(F)c(C(O)c2cc(F)cc(Br)c2)c1F. The molecular formula is C14H10BrF3O. The average molecular weight is 331 g/mol. The molecule has 0 aliphatic heterocycles. The molecule has 1 N–H and O–H groups in total. The van der Waals surface area contributed by atoms with E-state index in [0.717, 1.165) is 12.1 Å². The third kappa shape index (κ3) is 2.82. The maximum atomic E-state index is 13.9. The Labute approximate surface area is 116 Å². The average Bonchev–Trinajstić information content (AvgIpc) is 2.33. The van der Waals surface area contributed by atoms with Gasteiger partial charge in [0.1, 0.15) is 23.6 Å². The molecule has 1 nitrogen and oxygen atoms in total. The minimum atomic E-state index is -1.56. The van der Waals surface area contributed by atoms with Crippen molar-refractivity contribution in [3.63, 3.8) is 0 Å². The third-order valence-corrected chi connectivity index (χ3v) is 3.25. The lowest BCUT2D eigenvalue weighted by molar-refractivity contribution is 0.208. The summed E-state index contributed by atoms with van der Waals surface area (Å²) in [5.74, 6) is -2.29. The molecule has 0 bridgehead atoms. The van der Waals surface area contributed by atoms with E-state index in [9.17, 15) is 18.3 Å². The second-order valence-corrected chi connectivity index (χ2v) is 5.11. The maximum absolute atomic E-state index is 13.9. The van der Waals surface area contributed by atoms with Crippen LogP contribution in [0.15, 0.2) is 34.8 Å². The van der Waals surface area contributed by atoms with Crippen molar-refractivity contribution in [2.45, 2.75) is 13.0 Å². The first kappa shape index (κ1) is 14.1. The van der Waals surface area contributed by atoms with E-state index in [1.807, 2.05) is 0 Å². The van der Waals surface area contributed by atoms with Crippen LogP contribution >= 0.6 is 15.9 Å². The highest BCUT2D eigenvalue weighted by Gasteiger charge is 2.21. The standard InChI is InChI=1S/C14H10BrF3O/c1-7-2-3-11(17)12(13(7)18)14(19)8-4-9(15)6-10(16)5-8/h2-6,14,19H,1H3. The molecule has 0 amide bonds. The zero-order valence-corrected chi connectivity index (χ0v) is 11.5. The molecule has 2 rings (SSSR count). The van der Waals surface area contributed by atoms with Crippen molar-refractivity contribution in [2.75, 3.05) is 0 Å². The summed E-state index contributed by atoms with van der Waals surface area (Å²) in [5.41, 5.74) is -0.182. The molecule has 1 unspecified atom stereocenters. The van der Waals surface area contributed by atoms with Gasteiger partial charge >= 0.3 is 0 Å². The minimum absolute atomic E-state index is 0.0790. The molecule has 0 saturated heterocycles. The number of hydrogen-bond donors (Lipinski definition) is 1. The number of halogens is 4. The maximum Gasteiger partial charge on any atom is 0.135 e. The fraction of sp³-hybridized carbons (Fsp3) is 0.143. The highest BCUT2D eigenvalue weighted by Crippen LogP contribution is 2.30. The molecule has 0 saturated carbocycles. The van der Waals surface area contributed by atoms with Gasteiger partial charge in [-0.2, -0.15) is 0 Å². The van der Waals surface area contributed by atoms with Gasteiger partial charge in [0.15, 0.2) is 0 Å². The van der Waals surface area contributed by atoms with Crippen molar-refractivity contribution in [2.24, 2.45) is 0 Å². The molecule has 2 aromatic rings. The van der Waals surface area contributed by atoms with E-state index in [4.69, 9.17) is 0 Å². The Kier molecular flexibility index (Phi) is 3.96. The molecule has 0 aliphatic carbocycles. The summed E-state index contributed by atoms with van der Waals surface area (Å²) in [7, 11) is 0. The van der Waals surface area contributed by atoms with Gasteiger partial charge in [-0.05, 0) is 42.3 Å². The van der Waals surface area contributed by atoms with Crippen LogP contribution in [0.3, 0.4) is 0 Å². The highest BCUT2D eigenvalue weighted by atomic mass is 79.9. The van der Waals surface area contributed by atoms with Crippen LogP contribution in [-0.2, 0) is 0 Å². The fourth-order valence-corrected chi connectivity index (χ4v) is 2.31. The lowest BCUT2D eigenvalue weighted by Gasteiger charge is -2.15. The Morgan fingerprint density at radius 1 is 1.11 bits per heavy atom. The highest BCUT2D eigenvalue weighted by molar-refractivity contribution is 9.10. The molecular weight excluding hydrogens is 321 g/mol. The number of aliphatic hydroxyl groups excluding tert-OH is 1. The van der Waals surface area contributed by atoms with Crippen LogP contribution in [0.1, 0.15) is 22.8 Å². The van der Waals surface area contributed by atoms with Crippen molar-refractivity contribution in [1.82, 2.24) is 0 Å². The quantitative estimate of drug-likeness (QED) is 0.872. The Morgan fingerprint density at radius 2 is 1.79 bits per heavy atom. The van der Waals surface area contributed by atoms with Gasteiger partial charge < -0.3 is 5.11 Å². The van der Waals surface area contributed by atoms with Crippen molar-refractivity contribution >= 4 is 15.9 Å². The summed E-state index contributed by atoms with van der Waals surface area (Å²) in [5, 5.41) is 10.1. The summed E-state index contributed by atoms with van der Waals surface area (Å²) in [6.07, 6.45) is -1.56. The molecule has 0 aromatic heterocycles. The summed E-state index contributed by atoms with van der Waals surface area (Å²) < 4.78 is 41.2. The number of hydrogen-bond acceptors (Lipinski definition) is 1. The molecule has 100 valence electrons. The second-order valence-electron chi connectivity index (χ2n) is 4.20. The Balaban J connectivity index is 2.55. The van der Waals surface area contributed by atoms with Gasteiger partial charge in [-0.25, -0.2) is 13.2 Å². The molecule has 0 fully saturated rings. The molecule has 2 aromatic carbocycles. The molecule has 1 atom stereocenters. The number of aryl methyl sites for hydroxylation is 1. The van der Waals surface area contributed by atoms with Gasteiger partial charge in [-0.3, -0.25) is 0 Å². The summed E-state index contributed by atoms with van der Waals surface area (Å²) in [6, 6.07) is 6.00. The van der Waals surface area contributed by atoms with Gasteiger partial charge in [0.2, 0.25) is 0 Å². The van der Waals surface area contributed by atoms with Crippen LogP contribution in [0.25, 0.3) is 0 Å². The monoisotopic (exact) mass is 330 g/mol. The number of rotatable bonds is 2. The predicted molar refractivity (Wildman–Crippen MR) is 69.3 cm³/mol. The molecule has 5 heteroatoms. The third-order valence-electron chi connectivity index (χ3n) is 2.79. The zero-order chi connectivity index (χ0) is 14.2. The van der Waals surface area contributed by atoms with E-state index < -0.39 is 29.1 Å². The van der Waals surface area contributed by atoms with E-state index in [1.165, 1.54) is 25.1 Å². The lowest BCUT2D eigenvalue weighted by Crippen LogP contribution is -2.07. The number of aliphatic hydroxyl groups is 1. The summed E-state index contributed by atoms with van der Waals surface area (Å²) in [4.78, 5) is 0. The fourth-order valence-electron chi connectivity index (χ4n) is 1.83. The molecule has 0 aliphatic rings. The summed E-state index contributed by atoms with van der Waals surface area (Å²) >= 11 is 3.07. The van der Waals surface area contributed by atoms with Crippen LogP contribution in [0.5, 0.6) is 0 Å². The lowest BCUT2D eigenvalue weighted by atomic mass is 9.98. The van der Waals surface area contributed by atoms with Crippen LogP contribution in [0.2, 0.25) is 0 Å². The topological polar surface area (TPSA) is 20.2 Å². The first-order valence-electron chi connectivity index (χ1n) is 5.48. The predicted octanol–water partition coefficient (Wildman–Crippen LogP) is 4.26. The zero-order valence-electron chi connectivity index (χ0n) is 9.92. The van der Waals surface area contributed by atoms with E-state index in [-0.39, 0.29) is 11.1 Å². The van der Waals surface area contributed by atoms with E-state index in [1.54, 1.807) is 0 Å². The molecule has 0 spiro atoms. The van der Waals surface area contributed by atoms with Crippen molar-refractivity contribution in [3.05, 3.63) is 68.9 Å². The van der Waals surface area contributed by atoms with E-state index in [2.05, 4.69) is 15.9 Å². The first-order chi connectivity index (χ1) is 8.90. The summed E-state index contributed by atoms with van der Waals surface area (Å²) in [6.45, 7) is 1.46. The van der Waals surface area contributed by atoms with Gasteiger partial charge in [0.05, 0.1) is 5.56 Å². The number of benzene rings is 2. The van der Waals surface area contributed by atoms with Crippen molar-refractivity contribution in [1.29, 1.82) is 0 Å².